The number of anilines is 1. The van der Waals surface area contributed by atoms with E-state index < -0.39 is 39.8 Å². The van der Waals surface area contributed by atoms with Crippen LogP contribution in [0.4, 0.5) is 18.9 Å². The molecule has 4 aromatic carbocycles. The summed E-state index contributed by atoms with van der Waals surface area (Å²) in [5, 5.41) is 6.67. The van der Waals surface area contributed by atoms with Gasteiger partial charge < -0.3 is 25.0 Å². The molecule has 4 saturated heterocycles. The third-order valence-electron chi connectivity index (χ3n) is 17.5. The quantitative estimate of drug-likeness (QED) is 0.0577. The van der Waals surface area contributed by atoms with Gasteiger partial charge in [-0.15, -0.1) is 0 Å². The summed E-state index contributed by atoms with van der Waals surface area (Å²) >= 11 is 0. The maximum absolute atomic E-state index is 13.3. The van der Waals surface area contributed by atoms with E-state index in [1.54, 1.807) is 42.8 Å². The molecule has 3 aromatic heterocycles. The molecule has 12 rings (SSSR count). The van der Waals surface area contributed by atoms with Crippen LogP contribution in [0.1, 0.15) is 104 Å². The highest BCUT2D eigenvalue weighted by molar-refractivity contribution is 7.98. The van der Waals surface area contributed by atoms with Crippen LogP contribution in [0.2, 0.25) is 0 Å². The zero-order chi connectivity index (χ0) is 60.7. The maximum Gasteiger partial charge on any atom is 0.279 e. The van der Waals surface area contributed by atoms with E-state index in [4.69, 9.17) is 4.74 Å². The molecule has 0 spiro atoms. The van der Waals surface area contributed by atoms with Crippen LogP contribution in [0.3, 0.4) is 0 Å². The molecule has 464 valence electrons. The fourth-order valence-corrected chi connectivity index (χ4v) is 17.6. The zero-order valence-electron chi connectivity index (χ0n) is 49.1. The number of nitrogens with zero attached hydrogens (tertiary/aromatic N) is 4. The van der Waals surface area contributed by atoms with Crippen LogP contribution in [-0.2, 0) is 44.6 Å². The molecule has 5 aliphatic rings. The summed E-state index contributed by atoms with van der Waals surface area (Å²) in [6.07, 6.45) is 14.9. The molecule has 0 aliphatic carbocycles. The van der Waals surface area contributed by atoms with E-state index in [-0.39, 0.29) is 17.5 Å². The number of aromatic nitrogens is 3. The predicted octanol–water partition coefficient (Wildman–Crippen LogP) is 9.22. The van der Waals surface area contributed by atoms with Gasteiger partial charge in [-0.1, -0.05) is 31.2 Å². The Hall–Kier alpha value is -5.25. The second-order valence-electron chi connectivity index (χ2n) is 22.8. The van der Waals surface area contributed by atoms with Crippen LogP contribution in [0.5, 0.6) is 0 Å². The first kappa shape index (κ1) is 64.2. The number of halogens is 3. The second kappa shape index (κ2) is 27.8. The van der Waals surface area contributed by atoms with Gasteiger partial charge in [-0.25, -0.2) is 31.2 Å². The lowest BCUT2D eigenvalue weighted by atomic mass is 9.81. The van der Waals surface area contributed by atoms with Crippen molar-refractivity contribution in [2.45, 2.75) is 82.0 Å². The van der Waals surface area contributed by atoms with Gasteiger partial charge in [0.25, 0.3) is 20.4 Å². The number of hydrogen-bond acceptors (Lipinski definition) is 8. The summed E-state index contributed by atoms with van der Waals surface area (Å²) in [5.41, 5.74) is 8.63. The standard InChI is InChI=1S/C17H23FN2O2S.C15H21FN2OS.C15H21N3O2S.C14H18FN3O2S/c1-22-9-10-23(2,21)20-7-5-13(6-8-20)16-12-19-17-11-14(18)3-4-15(16)17;1-20(2,19)18-7-5-11(6-8-18)14-10-17-15-9-12(16)3-4-13(14)15;1-2-17-21(19,20)18-9-7-12(8-10-18)14-11-16-15-6-4-3-5-13(14)15;1-16-21(19,20)18-6-4-10(5-7-18)13-9-17-14-8-11(15)2-3-12(13)14/h3-4,11-13,19H,2,5-10H2,1H3;3-4,9,11,14,17H,1,5-8,10H2,2H3;3-6,11-12,16-17H,2,7-10H2,1H3;2-3,8-10,16-17H,4-7H2,1H3. The Balaban J connectivity index is 0.000000136. The van der Waals surface area contributed by atoms with Crippen molar-refractivity contribution in [2.24, 2.45) is 5.92 Å². The minimum Gasteiger partial charge on any atom is -0.384 e. The summed E-state index contributed by atoms with van der Waals surface area (Å²) in [6, 6.07) is 22.9. The molecule has 6 N–H and O–H groups in total. The molecule has 8 heterocycles. The SMILES string of the molecule is C=S(=O)(CCOC)N1CCC(c2c[nH]c3cc(F)ccc23)CC1.C=S(C)(=O)N1CCC(C2CNc3cc(F)ccc32)CC1.CCNS(=O)(=O)N1CCC(c2c[nH]c3ccccc23)CC1.CNS(=O)(=O)N1CCC(c2c[nH]c3cc(F)ccc23)CC1. The second-order valence-corrected chi connectivity index (χ2v) is 31.4. The molecule has 0 bridgehead atoms. The fraction of sp³-hybridized carbons (Fsp3) is 0.475. The monoisotopic (exact) mass is 1250 g/mol. The van der Waals surface area contributed by atoms with Gasteiger partial charge in [-0.3, -0.25) is 8.42 Å². The number of nitrogens with one attached hydrogen (secondary N) is 6. The highest BCUT2D eigenvalue weighted by Crippen LogP contribution is 2.42. The van der Waals surface area contributed by atoms with E-state index in [0.717, 1.165) is 123 Å². The van der Waals surface area contributed by atoms with Crippen molar-refractivity contribution < 1.29 is 43.2 Å². The Morgan fingerprint density at radius 2 is 1.01 bits per heavy atom. The molecular formula is C61H83F3N10O7S4. The normalized spacial score (nSPS) is 20.8. The van der Waals surface area contributed by atoms with Crippen molar-refractivity contribution in [1.82, 2.24) is 41.6 Å². The van der Waals surface area contributed by atoms with Crippen LogP contribution in [0, 0.1) is 23.4 Å². The molecule has 5 aliphatic heterocycles. The number of H-pyrrole nitrogens is 3. The Morgan fingerprint density at radius 1 is 0.565 bits per heavy atom. The number of benzene rings is 4. The van der Waals surface area contributed by atoms with Gasteiger partial charge in [0.15, 0.2) is 0 Å². The molecular weight excluding hydrogens is 1170 g/mol. The van der Waals surface area contributed by atoms with E-state index in [1.807, 2.05) is 45.3 Å². The van der Waals surface area contributed by atoms with Crippen LogP contribution in [-0.4, -0.2) is 167 Å². The van der Waals surface area contributed by atoms with Gasteiger partial charge in [0, 0.05) is 168 Å². The lowest BCUT2D eigenvalue weighted by molar-refractivity contribution is 0.216. The molecule has 0 amide bonds. The number of fused-ring (bicyclic) bond motifs is 4. The van der Waals surface area contributed by atoms with Crippen LogP contribution < -0.4 is 14.8 Å². The first-order valence-electron chi connectivity index (χ1n) is 29.3. The van der Waals surface area contributed by atoms with Gasteiger partial charge in [0.1, 0.15) is 17.5 Å². The largest absolute Gasteiger partial charge is 0.384 e. The number of rotatable bonds is 14. The minimum atomic E-state index is -3.34. The van der Waals surface area contributed by atoms with Gasteiger partial charge in [0.2, 0.25) is 0 Å². The average Bonchev–Trinajstić information content (AvgIpc) is 3.44. The zero-order valence-corrected chi connectivity index (χ0v) is 52.4. The van der Waals surface area contributed by atoms with Crippen LogP contribution in [0.25, 0.3) is 32.7 Å². The van der Waals surface area contributed by atoms with Crippen LogP contribution in [0.15, 0.2) is 97.5 Å². The third-order valence-corrected chi connectivity index (χ3v) is 24.4. The molecule has 24 heteroatoms. The number of aromatic amines is 3. The average molecular weight is 1250 g/mol. The lowest BCUT2D eigenvalue weighted by Gasteiger charge is -2.35. The Bertz CT molecular complexity index is 3850. The number of methoxy groups -OCH3 is 1. The number of para-hydroxylation sites is 1. The summed E-state index contributed by atoms with van der Waals surface area (Å²) in [5.74, 6) is 9.62. The van der Waals surface area contributed by atoms with E-state index >= 15 is 0 Å². The Morgan fingerprint density at radius 3 is 1.51 bits per heavy atom. The molecule has 17 nitrogen and oxygen atoms in total. The van der Waals surface area contributed by atoms with Crippen molar-refractivity contribution in [3.05, 3.63) is 137 Å². The van der Waals surface area contributed by atoms with Gasteiger partial charge in [-0.05, 0) is 164 Å². The van der Waals surface area contributed by atoms with E-state index in [9.17, 15) is 38.4 Å². The topological polar surface area (TPSA) is 208 Å². The minimum absolute atomic E-state index is 0.186. The van der Waals surface area contributed by atoms with E-state index in [2.05, 4.69) is 59.8 Å². The summed E-state index contributed by atoms with van der Waals surface area (Å²) < 4.78 is 129. The van der Waals surface area contributed by atoms with E-state index in [1.165, 1.54) is 57.7 Å². The van der Waals surface area contributed by atoms with Crippen molar-refractivity contribution in [2.75, 3.05) is 104 Å². The number of piperidine rings is 4. The molecule has 3 atom stereocenters. The van der Waals surface area contributed by atoms with Crippen LogP contribution >= 0.6 is 0 Å². The van der Waals surface area contributed by atoms with Crippen molar-refractivity contribution in [3.63, 3.8) is 0 Å². The molecule has 7 aromatic rings. The fourth-order valence-electron chi connectivity index (χ4n) is 12.8. The van der Waals surface area contributed by atoms with Gasteiger partial charge in [0.05, 0.1) is 12.4 Å². The molecule has 85 heavy (non-hydrogen) atoms. The Kier molecular flexibility index (Phi) is 21.0. The molecule has 0 radical (unpaired) electrons. The summed E-state index contributed by atoms with van der Waals surface area (Å²) in [4.78, 5) is 9.55. The summed E-state index contributed by atoms with van der Waals surface area (Å²) in [7, 11) is -7.90. The van der Waals surface area contributed by atoms with E-state index in [0.29, 0.717) is 74.7 Å². The van der Waals surface area contributed by atoms with Gasteiger partial charge in [-0.2, -0.15) is 25.4 Å². The lowest BCUT2D eigenvalue weighted by Crippen LogP contribution is -2.44. The highest BCUT2D eigenvalue weighted by Gasteiger charge is 2.35. The van der Waals surface area contributed by atoms with Crippen molar-refractivity contribution >= 4 is 90.0 Å². The first-order valence-corrected chi connectivity index (χ1v) is 36.1. The predicted molar refractivity (Wildman–Crippen MR) is 341 cm³/mol. The molecule has 0 saturated carbocycles. The first-order chi connectivity index (χ1) is 40.6. The molecule has 3 unspecified atom stereocenters. The Labute approximate surface area is 500 Å². The summed E-state index contributed by atoms with van der Waals surface area (Å²) in [6.45, 7) is 8.98. The van der Waals surface area contributed by atoms with Gasteiger partial charge >= 0.3 is 0 Å². The van der Waals surface area contributed by atoms with Crippen molar-refractivity contribution in [3.8, 4) is 0 Å². The number of ether oxygens (including phenoxy) is 1. The smallest absolute Gasteiger partial charge is 0.279 e. The molecule has 4 fully saturated rings. The third kappa shape index (κ3) is 15.5. The number of hydrogen-bond donors (Lipinski definition) is 6. The van der Waals surface area contributed by atoms with Crippen molar-refractivity contribution in [1.29, 1.82) is 0 Å². The highest BCUT2D eigenvalue weighted by atomic mass is 32.2. The maximum atomic E-state index is 13.3.